The van der Waals surface area contributed by atoms with Gasteiger partial charge in [0.2, 0.25) is 0 Å². The lowest BCUT2D eigenvalue weighted by Crippen LogP contribution is -2.49. The third-order valence-corrected chi connectivity index (χ3v) is 4.29. The average Bonchev–Trinajstić information content (AvgIpc) is 2.78. The SMILES string of the molecule is O=CCCC1(N2CCCCC2)CCCC1. The number of hydrogen-bond donors (Lipinski definition) is 0. The van der Waals surface area contributed by atoms with Crippen LogP contribution in [0.25, 0.3) is 0 Å². The molecular weight excluding hydrogens is 186 g/mol. The Morgan fingerprint density at radius 2 is 1.67 bits per heavy atom. The highest BCUT2D eigenvalue weighted by atomic mass is 16.1. The van der Waals surface area contributed by atoms with Crippen molar-refractivity contribution in [1.82, 2.24) is 4.90 Å². The van der Waals surface area contributed by atoms with Crippen LogP contribution in [0.15, 0.2) is 0 Å². The van der Waals surface area contributed by atoms with Crippen LogP contribution >= 0.6 is 0 Å². The second-order valence-electron chi connectivity index (χ2n) is 5.18. The molecule has 0 atom stereocenters. The Hall–Kier alpha value is -0.370. The zero-order valence-corrected chi connectivity index (χ0v) is 9.71. The lowest BCUT2D eigenvalue weighted by Gasteiger charge is -2.43. The van der Waals surface area contributed by atoms with Gasteiger partial charge in [0, 0.05) is 12.0 Å². The molecule has 0 aromatic heterocycles. The van der Waals surface area contributed by atoms with E-state index in [0.717, 1.165) is 19.1 Å². The third kappa shape index (κ3) is 2.41. The van der Waals surface area contributed by atoms with Gasteiger partial charge in [-0.05, 0) is 45.2 Å². The van der Waals surface area contributed by atoms with Gasteiger partial charge >= 0.3 is 0 Å². The van der Waals surface area contributed by atoms with E-state index in [0.29, 0.717) is 5.54 Å². The second kappa shape index (κ2) is 5.11. The molecule has 15 heavy (non-hydrogen) atoms. The van der Waals surface area contributed by atoms with E-state index in [1.165, 1.54) is 58.0 Å². The van der Waals surface area contributed by atoms with Gasteiger partial charge in [0.05, 0.1) is 0 Å². The first-order chi connectivity index (χ1) is 7.37. The summed E-state index contributed by atoms with van der Waals surface area (Å²) in [4.78, 5) is 13.3. The minimum atomic E-state index is 0.418. The Labute approximate surface area is 93.0 Å². The molecule has 0 N–H and O–H groups in total. The molecule has 2 rings (SSSR count). The van der Waals surface area contributed by atoms with Crippen LogP contribution in [0.1, 0.15) is 57.8 Å². The van der Waals surface area contributed by atoms with Gasteiger partial charge in [-0.15, -0.1) is 0 Å². The second-order valence-corrected chi connectivity index (χ2v) is 5.18. The van der Waals surface area contributed by atoms with Crippen molar-refractivity contribution >= 4 is 6.29 Å². The molecule has 0 aromatic rings. The molecule has 1 aliphatic heterocycles. The van der Waals surface area contributed by atoms with Crippen LogP contribution in [0.3, 0.4) is 0 Å². The summed E-state index contributed by atoms with van der Waals surface area (Å²) in [5, 5.41) is 0. The van der Waals surface area contributed by atoms with Gasteiger partial charge in [-0.25, -0.2) is 0 Å². The van der Waals surface area contributed by atoms with Gasteiger partial charge in [-0.2, -0.15) is 0 Å². The Bertz CT molecular complexity index is 203. The number of carbonyl (C=O) groups is 1. The molecule has 2 heteroatoms. The number of piperidine rings is 1. The Kier molecular flexibility index (Phi) is 3.79. The number of hydrogen-bond acceptors (Lipinski definition) is 2. The van der Waals surface area contributed by atoms with E-state index < -0.39 is 0 Å². The van der Waals surface area contributed by atoms with Gasteiger partial charge in [-0.3, -0.25) is 4.90 Å². The van der Waals surface area contributed by atoms with Crippen LogP contribution in [0.5, 0.6) is 0 Å². The van der Waals surface area contributed by atoms with Gasteiger partial charge in [0.15, 0.2) is 0 Å². The minimum absolute atomic E-state index is 0.418. The van der Waals surface area contributed by atoms with Crippen LogP contribution in [-0.4, -0.2) is 29.8 Å². The fraction of sp³-hybridized carbons (Fsp3) is 0.923. The van der Waals surface area contributed by atoms with Crippen molar-refractivity contribution in [3.63, 3.8) is 0 Å². The van der Waals surface area contributed by atoms with Crippen molar-refractivity contribution in [2.75, 3.05) is 13.1 Å². The quantitative estimate of drug-likeness (QED) is 0.664. The molecule has 0 amide bonds. The largest absolute Gasteiger partial charge is 0.303 e. The predicted octanol–water partition coefficient (Wildman–Crippen LogP) is 2.76. The lowest BCUT2D eigenvalue weighted by molar-refractivity contribution is -0.108. The molecule has 0 spiro atoms. The Morgan fingerprint density at radius 1 is 1.00 bits per heavy atom. The van der Waals surface area contributed by atoms with E-state index in [-0.39, 0.29) is 0 Å². The van der Waals surface area contributed by atoms with E-state index >= 15 is 0 Å². The number of nitrogens with zero attached hydrogens (tertiary/aromatic N) is 1. The van der Waals surface area contributed by atoms with Gasteiger partial charge < -0.3 is 4.79 Å². The molecule has 0 bridgehead atoms. The molecule has 1 saturated carbocycles. The van der Waals surface area contributed by atoms with E-state index in [1.54, 1.807) is 0 Å². The molecular formula is C13H23NO. The first-order valence-corrected chi connectivity index (χ1v) is 6.56. The summed E-state index contributed by atoms with van der Waals surface area (Å²) in [6.07, 6.45) is 12.5. The molecule has 0 aromatic carbocycles. The van der Waals surface area contributed by atoms with Crippen molar-refractivity contribution in [1.29, 1.82) is 0 Å². The van der Waals surface area contributed by atoms with Crippen LogP contribution in [0.2, 0.25) is 0 Å². The van der Waals surface area contributed by atoms with Crippen LogP contribution in [0, 0.1) is 0 Å². The first-order valence-electron chi connectivity index (χ1n) is 6.56. The highest BCUT2D eigenvalue weighted by Gasteiger charge is 2.38. The smallest absolute Gasteiger partial charge is 0.120 e. The summed E-state index contributed by atoms with van der Waals surface area (Å²) in [5.41, 5.74) is 0.418. The van der Waals surface area contributed by atoms with E-state index in [4.69, 9.17) is 0 Å². The molecule has 1 saturated heterocycles. The summed E-state index contributed by atoms with van der Waals surface area (Å²) in [6.45, 7) is 2.55. The minimum Gasteiger partial charge on any atom is -0.303 e. The summed E-state index contributed by atoms with van der Waals surface area (Å²) >= 11 is 0. The fourth-order valence-corrected chi connectivity index (χ4v) is 3.45. The summed E-state index contributed by atoms with van der Waals surface area (Å²) in [5.74, 6) is 0. The van der Waals surface area contributed by atoms with Gasteiger partial charge in [0.1, 0.15) is 6.29 Å². The average molecular weight is 209 g/mol. The first kappa shape index (κ1) is 11.1. The number of aldehydes is 1. The highest BCUT2D eigenvalue weighted by Crippen LogP contribution is 2.40. The van der Waals surface area contributed by atoms with E-state index in [1.807, 2.05) is 0 Å². The van der Waals surface area contributed by atoms with E-state index in [9.17, 15) is 4.79 Å². The summed E-state index contributed by atoms with van der Waals surface area (Å²) < 4.78 is 0. The van der Waals surface area contributed by atoms with E-state index in [2.05, 4.69) is 4.90 Å². The summed E-state index contributed by atoms with van der Waals surface area (Å²) in [7, 11) is 0. The van der Waals surface area contributed by atoms with Crippen LogP contribution in [0.4, 0.5) is 0 Å². The number of carbonyl (C=O) groups excluding carboxylic acids is 1. The van der Waals surface area contributed by atoms with Gasteiger partial charge in [-0.1, -0.05) is 19.3 Å². The zero-order chi connectivity index (χ0) is 10.6. The topological polar surface area (TPSA) is 20.3 Å². The van der Waals surface area contributed by atoms with Crippen molar-refractivity contribution in [3.8, 4) is 0 Å². The lowest BCUT2D eigenvalue weighted by atomic mass is 9.87. The fourth-order valence-electron chi connectivity index (χ4n) is 3.45. The maximum absolute atomic E-state index is 10.6. The molecule has 2 fully saturated rings. The van der Waals surface area contributed by atoms with Crippen LogP contribution < -0.4 is 0 Å². The molecule has 86 valence electrons. The zero-order valence-electron chi connectivity index (χ0n) is 9.71. The molecule has 2 nitrogen and oxygen atoms in total. The summed E-state index contributed by atoms with van der Waals surface area (Å²) in [6, 6.07) is 0. The van der Waals surface area contributed by atoms with Crippen LogP contribution in [-0.2, 0) is 4.79 Å². The maximum Gasteiger partial charge on any atom is 0.120 e. The Morgan fingerprint density at radius 3 is 2.27 bits per heavy atom. The normalized spacial score (nSPS) is 26.7. The van der Waals surface area contributed by atoms with Crippen molar-refractivity contribution in [3.05, 3.63) is 0 Å². The van der Waals surface area contributed by atoms with Crippen molar-refractivity contribution in [2.45, 2.75) is 63.3 Å². The molecule has 1 heterocycles. The van der Waals surface area contributed by atoms with Gasteiger partial charge in [0.25, 0.3) is 0 Å². The molecule has 0 unspecified atom stereocenters. The monoisotopic (exact) mass is 209 g/mol. The number of likely N-dealkylation sites (tertiary alicyclic amines) is 1. The molecule has 0 radical (unpaired) electrons. The van der Waals surface area contributed by atoms with Crippen molar-refractivity contribution in [2.24, 2.45) is 0 Å². The molecule has 2 aliphatic rings. The maximum atomic E-state index is 10.6. The number of rotatable bonds is 4. The third-order valence-electron chi connectivity index (χ3n) is 4.29. The predicted molar refractivity (Wildman–Crippen MR) is 61.9 cm³/mol. The standard InChI is InChI=1S/C13H23NO/c15-12-6-9-13(7-2-3-8-13)14-10-4-1-5-11-14/h12H,1-11H2. The van der Waals surface area contributed by atoms with Crippen molar-refractivity contribution < 1.29 is 4.79 Å². The highest BCUT2D eigenvalue weighted by molar-refractivity contribution is 5.49. The Balaban J connectivity index is 1.99. The molecule has 1 aliphatic carbocycles.